The summed E-state index contributed by atoms with van der Waals surface area (Å²) in [5, 5.41) is 3.57. The summed E-state index contributed by atoms with van der Waals surface area (Å²) in [5.74, 6) is 0.699. The lowest BCUT2D eigenvalue weighted by molar-refractivity contribution is 0.139. The predicted octanol–water partition coefficient (Wildman–Crippen LogP) is 3.66. The van der Waals surface area contributed by atoms with Crippen LogP contribution in [-0.4, -0.2) is 25.8 Å². The Morgan fingerprint density at radius 1 is 1.16 bits per heavy atom. The van der Waals surface area contributed by atoms with E-state index in [0.717, 1.165) is 32.6 Å². The van der Waals surface area contributed by atoms with E-state index in [2.05, 4.69) is 56.4 Å². The van der Waals surface area contributed by atoms with Crippen molar-refractivity contribution in [2.75, 3.05) is 19.8 Å². The van der Waals surface area contributed by atoms with Crippen LogP contribution in [-0.2, 0) is 11.2 Å². The van der Waals surface area contributed by atoms with Crippen LogP contribution in [0.4, 0.5) is 0 Å². The van der Waals surface area contributed by atoms with Gasteiger partial charge in [-0.1, -0.05) is 44.2 Å². The molecule has 1 N–H and O–H groups in total. The maximum absolute atomic E-state index is 5.44. The molecule has 0 heterocycles. The molecule has 0 amide bonds. The predicted molar refractivity (Wildman–Crippen MR) is 82.5 cm³/mol. The molecule has 2 heteroatoms. The van der Waals surface area contributed by atoms with Gasteiger partial charge in [0.2, 0.25) is 0 Å². The first-order valence-corrected chi connectivity index (χ1v) is 7.57. The van der Waals surface area contributed by atoms with Crippen molar-refractivity contribution < 1.29 is 4.74 Å². The van der Waals surface area contributed by atoms with Crippen molar-refractivity contribution in [3.8, 4) is 0 Å². The van der Waals surface area contributed by atoms with E-state index < -0.39 is 0 Å². The van der Waals surface area contributed by atoms with E-state index in [1.807, 2.05) is 0 Å². The Morgan fingerprint density at radius 2 is 1.89 bits per heavy atom. The maximum Gasteiger partial charge on any atom is 0.0466 e. The molecule has 0 spiro atoms. The van der Waals surface area contributed by atoms with E-state index in [4.69, 9.17) is 4.74 Å². The molecule has 1 aromatic carbocycles. The maximum atomic E-state index is 5.44. The van der Waals surface area contributed by atoms with Gasteiger partial charge in [-0.2, -0.15) is 0 Å². The molecule has 0 aliphatic rings. The van der Waals surface area contributed by atoms with Gasteiger partial charge >= 0.3 is 0 Å². The molecule has 0 aliphatic carbocycles. The number of nitrogens with one attached hydrogen (secondary N) is 1. The molecule has 0 aliphatic heterocycles. The molecule has 0 bridgehead atoms. The summed E-state index contributed by atoms with van der Waals surface area (Å²) >= 11 is 0. The summed E-state index contributed by atoms with van der Waals surface area (Å²) in [6.45, 7) is 9.29. The van der Waals surface area contributed by atoms with Gasteiger partial charge in [0.05, 0.1) is 0 Å². The van der Waals surface area contributed by atoms with Gasteiger partial charge in [-0.05, 0) is 44.2 Å². The van der Waals surface area contributed by atoms with E-state index in [9.17, 15) is 0 Å². The van der Waals surface area contributed by atoms with Gasteiger partial charge < -0.3 is 10.1 Å². The van der Waals surface area contributed by atoms with E-state index in [1.165, 1.54) is 12.0 Å². The van der Waals surface area contributed by atoms with Gasteiger partial charge in [0.15, 0.2) is 0 Å². The second-order valence-electron chi connectivity index (χ2n) is 5.46. The Morgan fingerprint density at radius 3 is 2.53 bits per heavy atom. The third kappa shape index (κ3) is 8.02. The Labute approximate surface area is 118 Å². The monoisotopic (exact) mass is 263 g/mol. The summed E-state index contributed by atoms with van der Waals surface area (Å²) in [7, 11) is 0. The summed E-state index contributed by atoms with van der Waals surface area (Å²) in [4.78, 5) is 0. The van der Waals surface area contributed by atoms with Crippen LogP contribution in [0.5, 0.6) is 0 Å². The van der Waals surface area contributed by atoms with Crippen LogP contribution in [0.2, 0.25) is 0 Å². The lowest BCUT2D eigenvalue weighted by Crippen LogP contribution is -2.30. The molecule has 1 atom stereocenters. The second kappa shape index (κ2) is 9.99. The number of hydrogen-bond donors (Lipinski definition) is 1. The molecule has 0 aromatic heterocycles. The molecule has 0 radical (unpaired) electrons. The molecule has 0 saturated carbocycles. The lowest BCUT2D eigenvalue weighted by Gasteiger charge is -2.19. The second-order valence-corrected chi connectivity index (χ2v) is 5.46. The van der Waals surface area contributed by atoms with Crippen LogP contribution in [0.3, 0.4) is 0 Å². The zero-order valence-corrected chi connectivity index (χ0v) is 12.7. The Kier molecular flexibility index (Phi) is 8.52. The van der Waals surface area contributed by atoms with Crippen molar-refractivity contribution in [3.05, 3.63) is 35.9 Å². The number of hydrogen-bond acceptors (Lipinski definition) is 2. The van der Waals surface area contributed by atoms with Gasteiger partial charge in [-0.25, -0.2) is 0 Å². The van der Waals surface area contributed by atoms with Crippen molar-refractivity contribution in [2.45, 2.75) is 46.1 Å². The normalized spacial score (nSPS) is 12.8. The Balaban J connectivity index is 2.39. The molecule has 1 aromatic rings. The van der Waals surface area contributed by atoms with Crippen LogP contribution in [0.1, 0.15) is 39.2 Å². The summed E-state index contributed by atoms with van der Waals surface area (Å²) in [6, 6.07) is 11.4. The van der Waals surface area contributed by atoms with Gasteiger partial charge in [-0.15, -0.1) is 0 Å². The first-order chi connectivity index (χ1) is 9.22. The number of rotatable bonds is 10. The molecular weight excluding hydrogens is 234 g/mol. The highest BCUT2D eigenvalue weighted by Crippen LogP contribution is 2.14. The van der Waals surface area contributed by atoms with E-state index >= 15 is 0 Å². The molecule has 2 nitrogen and oxygen atoms in total. The van der Waals surface area contributed by atoms with E-state index in [-0.39, 0.29) is 0 Å². The quantitative estimate of drug-likeness (QED) is 0.650. The summed E-state index contributed by atoms with van der Waals surface area (Å²) in [6.07, 6.45) is 3.55. The summed E-state index contributed by atoms with van der Waals surface area (Å²) in [5.41, 5.74) is 1.44. The SMILES string of the molecule is CCOCCCC(CNC(C)C)Cc1ccccc1. The molecular formula is C17H29NO. The fourth-order valence-corrected chi connectivity index (χ4v) is 2.24. The minimum Gasteiger partial charge on any atom is -0.382 e. The van der Waals surface area contributed by atoms with Crippen molar-refractivity contribution in [1.82, 2.24) is 5.32 Å². The van der Waals surface area contributed by atoms with Crippen molar-refractivity contribution in [2.24, 2.45) is 5.92 Å². The lowest BCUT2D eigenvalue weighted by atomic mass is 9.94. The number of benzene rings is 1. The third-order valence-electron chi connectivity index (χ3n) is 3.29. The average molecular weight is 263 g/mol. The zero-order valence-electron chi connectivity index (χ0n) is 12.7. The third-order valence-corrected chi connectivity index (χ3v) is 3.29. The van der Waals surface area contributed by atoms with Gasteiger partial charge in [-0.3, -0.25) is 0 Å². The van der Waals surface area contributed by atoms with Crippen molar-refractivity contribution >= 4 is 0 Å². The fraction of sp³-hybridized carbons (Fsp3) is 0.647. The topological polar surface area (TPSA) is 21.3 Å². The van der Waals surface area contributed by atoms with Crippen LogP contribution in [0.15, 0.2) is 30.3 Å². The van der Waals surface area contributed by atoms with Crippen molar-refractivity contribution in [1.29, 1.82) is 0 Å². The van der Waals surface area contributed by atoms with E-state index in [1.54, 1.807) is 0 Å². The molecule has 1 unspecified atom stereocenters. The molecule has 19 heavy (non-hydrogen) atoms. The van der Waals surface area contributed by atoms with Gasteiger partial charge in [0.25, 0.3) is 0 Å². The Bertz CT molecular complexity index is 310. The first kappa shape index (κ1) is 16.2. The fourth-order valence-electron chi connectivity index (χ4n) is 2.24. The highest BCUT2D eigenvalue weighted by atomic mass is 16.5. The smallest absolute Gasteiger partial charge is 0.0466 e. The first-order valence-electron chi connectivity index (χ1n) is 7.57. The van der Waals surface area contributed by atoms with Gasteiger partial charge in [0.1, 0.15) is 0 Å². The van der Waals surface area contributed by atoms with Crippen LogP contribution in [0, 0.1) is 5.92 Å². The molecule has 0 saturated heterocycles. The minimum absolute atomic E-state index is 0.560. The number of ether oxygens (including phenoxy) is 1. The largest absolute Gasteiger partial charge is 0.382 e. The molecule has 108 valence electrons. The van der Waals surface area contributed by atoms with Crippen LogP contribution >= 0.6 is 0 Å². The average Bonchev–Trinajstić information content (AvgIpc) is 2.41. The van der Waals surface area contributed by atoms with Crippen LogP contribution < -0.4 is 5.32 Å². The molecule has 0 fully saturated rings. The van der Waals surface area contributed by atoms with Crippen molar-refractivity contribution in [3.63, 3.8) is 0 Å². The minimum atomic E-state index is 0.560. The highest BCUT2D eigenvalue weighted by molar-refractivity contribution is 5.15. The van der Waals surface area contributed by atoms with E-state index in [0.29, 0.717) is 12.0 Å². The molecule has 1 rings (SSSR count). The standard InChI is InChI=1S/C17H29NO/c1-4-19-12-8-11-17(14-18-15(2)3)13-16-9-6-5-7-10-16/h5-7,9-10,15,17-18H,4,8,11-14H2,1-3H3. The zero-order chi connectivity index (χ0) is 13.9. The van der Waals surface area contributed by atoms with Gasteiger partial charge in [0, 0.05) is 19.3 Å². The van der Waals surface area contributed by atoms with Crippen LogP contribution in [0.25, 0.3) is 0 Å². The summed E-state index contributed by atoms with van der Waals surface area (Å²) < 4.78 is 5.44. The Hall–Kier alpha value is -0.860. The highest BCUT2D eigenvalue weighted by Gasteiger charge is 2.10.